The molecule has 12 aromatic carbocycles. The van der Waals surface area contributed by atoms with E-state index in [0.717, 1.165) is 134 Å². The topological polar surface area (TPSA) is 307 Å². The van der Waals surface area contributed by atoms with Crippen LogP contribution in [0.5, 0.6) is 40.2 Å². The van der Waals surface area contributed by atoms with Crippen molar-refractivity contribution in [3.8, 4) is 40.2 Å². The molecule has 147 heavy (non-hydrogen) atoms. The van der Waals surface area contributed by atoms with Crippen LogP contribution in [0.1, 0.15) is 105 Å². The van der Waals surface area contributed by atoms with Crippen LogP contribution in [0.4, 0.5) is 40.1 Å². The average Bonchev–Trinajstić information content (AvgIpc) is 1.62. The van der Waals surface area contributed by atoms with E-state index in [1.54, 1.807) is 150 Å². The fourth-order valence-electron chi connectivity index (χ4n) is 18.5. The Morgan fingerprint density at radius 3 is 0.932 bits per heavy atom. The van der Waals surface area contributed by atoms with E-state index in [4.69, 9.17) is 122 Å². The van der Waals surface area contributed by atoms with Gasteiger partial charge in [0, 0.05) is 159 Å². The molecule has 8 heterocycles. The molecule has 6 N–H and O–H groups in total. The van der Waals surface area contributed by atoms with Gasteiger partial charge < -0.3 is 76.9 Å². The van der Waals surface area contributed by atoms with E-state index in [1.165, 1.54) is 12.7 Å². The molecule has 0 saturated heterocycles. The van der Waals surface area contributed by atoms with Crippen LogP contribution >= 0.6 is 85.5 Å². The van der Waals surface area contributed by atoms with Gasteiger partial charge in [0.25, 0.3) is 0 Å². The molecule has 0 saturated carbocycles. The van der Waals surface area contributed by atoms with Crippen molar-refractivity contribution >= 4 is 177 Å². The largest absolute Gasteiger partial charge is 0.497 e. The SMILES string of the molecule is CCOC(=O)Nc1ccc(C2c3[nH]c4ccc(Cl)cc4c3CCN2C(=O)Oc2ccc(Cl)cc2)cc1.CN(C)CCCOc1ccc(C2c3[nH]c4ccc(Cl)cc4c3CCN2C(=O)Oc2ccc(Br)cc2)cc1.COCCOC(=O)Nc1ccc(C2c3[nH]c4ccc(Cl)cc4c3CCN2C(=O)Oc2ccc(Cl)cc2)cc1.COCCOc1ccc(C2c3[nH]c4ccc(Cl)cc4c3CCN2C(=O)Oc2ccc(OC)cc2)cc1. The first-order valence-corrected chi connectivity index (χ1v) is 50.6. The summed E-state index contributed by atoms with van der Waals surface area (Å²) < 4.78 is 60.7. The van der Waals surface area contributed by atoms with Gasteiger partial charge in [-0.3, -0.25) is 30.2 Å². The van der Waals surface area contributed by atoms with Crippen molar-refractivity contribution in [3.63, 3.8) is 0 Å². The molecule has 0 aliphatic carbocycles. The summed E-state index contributed by atoms with van der Waals surface area (Å²) in [7, 11) is 8.88. The standard InChI is InChI=1S/C29H29BrClN3O3.C28H25Cl2N3O5.C28H27ClN2O5.C27H23Cl2N3O4/c1-33(2)15-3-17-36-22-9-4-19(5-10-22)28-27-24(25-18-21(31)8-13-26(25)32-27)14-16-34(28)29(35)37-23-11-6-20(30)7-12-23;1-36-14-15-37-27(34)31-20-7-2-17(3-8-20)26-25-22(23-16-19(30)6-11-24(23)32-25)12-13-33(26)28(35)38-21-9-4-18(29)5-10-21;1-33-15-16-35-21-6-3-18(4-7-21)27-26-23(24-17-19(29)5-12-25(24)30-26)13-14-31(27)28(32)36-22-10-8-20(34-2)9-11-22;1-2-35-26(33)30-19-8-3-16(4-9-19)25-24-21(22-15-18(29)7-12-23(22)31-24)13-14-32(25)27(34)36-20-10-5-17(28)6-11-20/h4-13,18,28,32H,3,14-17H2,1-2H3;2-11,16,26,32H,12-15H2,1H3,(H,31,34);3-12,17,27,30H,13-16H2,1-2H3;3-12,15,25,31H,2,13-14H2,1H3,(H,30,33). The van der Waals surface area contributed by atoms with Crippen LogP contribution in [0.3, 0.4) is 0 Å². The summed E-state index contributed by atoms with van der Waals surface area (Å²) in [6.07, 6.45) is 0.749. The number of methoxy groups -OCH3 is 3. The molecule has 16 aromatic rings. The fraction of sp³-hybridized carbons (Fsp3) is 0.232. The van der Waals surface area contributed by atoms with E-state index >= 15 is 0 Å². The molecule has 4 atom stereocenters. The zero-order valence-corrected chi connectivity index (χ0v) is 87.0. The van der Waals surface area contributed by atoms with Crippen molar-refractivity contribution in [3.05, 3.63) is 369 Å². The van der Waals surface area contributed by atoms with Crippen molar-refractivity contribution < 1.29 is 80.9 Å². The van der Waals surface area contributed by atoms with Crippen LogP contribution in [0.15, 0.2) is 271 Å². The second kappa shape index (κ2) is 48.5. The molecule has 4 aliphatic rings. The molecule has 0 spiro atoms. The number of nitrogens with one attached hydrogen (secondary N) is 6. The van der Waals surface area contributed by atoms with Gasteiger partial charge in [-0.1, -0.05) is 134 Å². The first-order valence-electron chi connectivity index (χ1n) is 47.5. The van der Waals surface area contributed by atoms with E-state index in [9.17, 15) is 28.8 Å². The van der Waals surface area contributed by atoms with Crippen LogP contribution < -0.4 is 43.8 Å². The number of rotatable bonds is 24. The summed E-state index contributed by atoms with van der Waals surface area (Å²) in [5, 5.41) is 13.4. The highest BCUT2D eigenvalue weighted by atomic mass is 79.9. The number of halogens is 7. The zero-order valence-electron chi connectivity index (χ0n) is 80.8. The van der Waals surface area contributed by atoms with Crippen molar-refractivity contribution in [2.75, 3.05) is 118 Å². The van der Waals surface area contributed by atoms with Crippen molar-refractivity contribution in [1.29, 1.82) is 0 Å². The zero-order chi connectivity index (χ0) is 103. The van der Waals surface area contributed by atoms with E-state index in [0.29, 0.717) is 149 Å². The molecule has 758 valence electrons. The van der Waals surface area contributed by atoms with Crippen LogP contribution in [-0.4, -0.2) is 189 Å². The molecule has 4 aliphatic heterocycles. The summed E-state index contributed by atoms with van der Waals surface area (Å²) in [4.78, 5) is 101. The minimum absolute atomic E-state index is 0.153. The molecule has 28 nitrogen and oxygen atoms in total. The average molecular weight is 2170 g/mol. The number of hydrogen-bond donors (Lipinski definition) is 6. The van der Waals surface area contributed by atoms with Gasteiger partial charge in [-0.2, -0.15) is 0 Å². The Balaban J connectivity index is 0.000000134. The van der Waals surface area contributed by atoms with Gasteiger partial charge in [-0.05, 0) is 316 Å². The van der Waals surface area contributed by atoms with E-state index < -0.39 is 48.6 Å². The Labute approximate surface area is 886 Å². The fourth-order valence-corrected chi connectivity index (χ4v) is 19.7. The summed E-state index contributed by atoms with van der Waals surface area (Å²) in [6.45, 7) is 7.01. The lowest BCUT2D eigenvalue weighted by Gasteiger charge is -2.35. The minimum atomic E-state index is -0.574. The lowest BCUT2D eigenvalue weighted by atomic mass is 9.92. The third-order valence-electron chi connectivity index (χ3n) is 25.3. The number of benzene rings is 12. The van der Waals surface area contributed by atoms with Gasteiger partial charge in [0.05, 0.1) is 33.5 Å². The Hall–Kier alpha value is -14.1. The second-order valence-electron chi connectivity index (χ2n) is 35.0. The van der Waals surface area contributed by atoms with Crippen LogP contribution in [-0.2, 0) is 44.6 Å². The van der Waals surface area contributed by atoms with Gasteiger partial charge in [0.1, 0.15) is 77.6 Å². The number of hydrogen-bond acceptors (Lipinski definition) is 18. The number of nitrogens with zero attached hydrogens (tertiary/aromatic N) is 5. The van der Waals surface area contributed by atoms with Crippen LogP contribution in [0.25, 0.3) is 43.6 Å². The molecular formula is C112H104BrCl6N11O17. The van der Waals surface area contributed by atoms with E-state index in [-0.39, 0.29) is 25.3 Å². The number of amides is 6. The lowest BCUT2D eigenvalue weighted by molar-refractivity contribution is 0.107. The predicted octanol–water partition coefficient (Wildman–Crippen LogP) is 27.1. The molecule has 4 unspecified atom stereocenters. The Bertz CT molecular complexity index is 7350. The van der Waals surface area contributed by atoms with Gasteiger partial charge in [-0.25, -0.2) is 28.8 Å². The first-order chi connectivity index (χ1) is 71.3. The van der Waals surface area contributed by atoms with Gasteiger partial charge in [0.15, 0.2) is 0 Å². The quantitative estimate of drug-likeness (QED) is 0.0306. The number of ether oxygens (including phenoxy) is 11. The van der Waals surface area contributed by atoms with Crippen LogP contribution in [0, 0.1) is 0 Å². The number of aromatic amines is 4. The van der Waals surface area contributed by atoms with Gasteiger partial charge in [-0.15, -0.1) is 0 Å². The highest BCUT2D eigenvalue weighted by Gasteiger charge is 2.41. The lowest BCUT2D eigenvalue weighted by Crippen LogP contribution is -2.42. The third-order valence-corrected chi connectivity index (χ3v) is 27.3. The molecule has 20 rings (SSSR count). The minimum Gasteiger partial charge on any atom is -0.497 e. The molecule has 0 fully saturated rings. The second-order valence-corrected chi connectivity index (χ2v) is 38.6. The van der Waals surface area contributed by atoms with Crippen molar-refractivity contribution in [1.82, 2.24) is 44.4 Å². The highest BCUT2D eigenvalue weighted by molar-refractivity contribution is 9.10. The Morgan fingerprint density at radius 1 is 0.340 bits per heavy atom. The van der Waals surface area contributed by atoms with E-state index in [2.05, 4.69) is 65.5 Å². The Kier molecular flexibility index (Phi) is 34.4. The Morgan fingerprint density at radius 2 is 0.619 bits per heavy atom. The molecule has 0 radical (unpaired) electrons. The van der Waals surface area contributed by atoms with Crippen molar-refractivity contribution in [2.24, 2.45) is 0 Å². The molecule has 4 aromatic heterocycles. The first kappa shape index (κ1) is 104. The van der Waals surface area contributed by atoms with E-state index in [1.807, 2.05) is 158 Å². The third kappa shape index (κ3) is 25.4. The maximum absolute atomic E-state index is 13.4. The molecule has 0 bridgehead atoms. The molecular weight excluding hydrogens is 2060 g/mol. The number of anilines is 2. The smallest absolute Gasteiger partial charge is 0.416 e. The monoisotopic (exact) mass is 2160 g/mol. The highest BCUT2D eigenvalue weighted by Crippen LogP contribution is 2.47. The molecule has 6 amide bonds. The summed E-state index contributed by atoms with van der Waals surface area (Å²) in [5.74, 6) is 4.01. The number of aromatic nitrogens is 4. The summed E-state index contributed by atoms with van der Waals surface area (Å²) >= 11 is 40.6. The van der Waals surface area contributed by atoms with Gasteiger partial charge >= 0.3 is 36.6 Å². The van der Waals surface area contributed by atoms with Crippen LogP contribution in [0.2, 0.25) is 30.1 Å². The molecule has 35 heteroatoms. The number of carbonyl (C=O) groups is 6. The summed E-state index contributed by atoms with van der Waals surface area (Å²) in [6, 6.07) is 79.4. The predicted molar refractivity (Wildman–Crippen MR) is 576 cm³/mol. The maximum atomic E-state index is 13.4. The normalized spacial score (nSPS) is 14.9. The summed E-state index contributed by atoms with van der Waals surface area (Å²) in [5.41, 5.74) is 16.9. The number of H-pyrrole nitrogens is 4. The number of fused-ring (bicyclic) bond motifs is 12. The van der Waals surface area contributed by atoms with Crippen molar-refractivity contribution in [2.45, 2.75) is 63.2 Å². The van der Waals surface area contributed by atoms with Gasteiger partial charge in [0.2, 0.25) is 0 Å². The number of carbonyl (C=O) groups excluding carboxylic acids is 6. The maximum Gasteiger partial charge on any atom is 0.416 e.